The van der Waals surface area contributed by atoms with E-state index in [9.17, 15) is 8.42 Å². The standard InChI is InChI=1S/C14H14Cl2N2O3S/c1-8-6-13(11(16)7-10(8)15)22(19,20)18-12-4-5-14(21-3)17-9(12)2/h4-7,18H,1-3H3. The number of rotatable bonds is 4. The number of aryl methyl sites for hydroxylation is 2. The molecule has 0 radical (unpaired) electrons. The molecule has 0 aliphatic heterocycles. The monoisotopic (exact) mass is 360 g/mol. The van der Waals surface area contributed by atoms with Crippen LogP contribution < -0.4 is 9.46 Å². The number of halogens is 2. The van der Waals surface area contributed by atoms with E-state index in [1.54, 1.807) is 26.0 Å². The summed E-state index contributed by atoms with van der Waals surface area (Å²) in [5.74, 6) is 0.404. The van der Waals surface area contributed by atoms with E-state index < -0.39 is 10.0 Å². The minimum absolute atomic E-state index is 0.0358. The topological polar surface area (TPSA) is 68.3 Å². The Hall–Kier alpha value is -1.50. The van der Waals surface area contributed by atoms with Gasteiger partial charge in [-0.2, -0.15) is 0 Å². The molecule has 0 fully saturated rings. The molecule has 1 aromatic heterocycles. The van der Waals surface area contributed by atoms with E-state index in [4.69, 9.17) is 27.9 Å². The van der Waals surface area contributed by atoms with Gasteiger partial charge in [-0.3, -0.25) is 4.72 Å². The highest BCUT2D eigenvalue weighted by atomic mass is 35.5. The van der Waals surface area contributed by atoms with Crippen LogP contribution in [0.1, 0.15) is 11.3 Å². The molecule has 1 heterocycles. The highest BCUT2D eigenvalue weighted by molar-refractivity contribution is 7.92. The molecule has 1 N–H and O–H groups in total. The predicted octanol–water partition coefficient (Wildman–Crippen LogP) is 3.81. The average Bonchev–Trinajstić information content (AvgIpc) is 2.44. The van der Waals surface area contributed by atoms with Crippen LogP contribution in [-0.4, -0.2) is 20.5 Å². The molecular weight excluding hydrogens is 347 g/mol. The Morgan fingerprint density at radius 3 is 2.41 bits per heavy atom. The van der Waals surface area contributed by atoms with E-state index in [1.165, 1.54) is 19.2 Å². The quantitative estimate of drug-likeness (QED) is 0.899. The van der Waals surface area contributed by atoms with Gasteiger partial charge in [-0.1, -0.05) is 23.2 Å². The third-order valence-electron chi connectivity index (χ3n) is 3.02. The number of anilines is 1. The van der Waals surface area contributed by atoms with Crippen molar-refractivity contribution in [1.29, 1.82) is 0 Å². The maximum atomic E-state index is 12.5. The number of ether oxygens (including phenoxy) is 1. The molecule has 0 saturated carbocycles. The van der Waals surface area contributed by atoms with Gasteiger partial charge < -0.3 is 4.74 Å². The summed E-state index contributed by atoms with van der Waals surface area (Å²) in [6.07, 6.45) is 0. The van der Waals surface area contributed by atoms with Crippen molar-refractivity contribution in [3.63, 3.8) is 0 Å². The van der Waals surface area contributed by atoms with E-state index in [2.05, 4.69) is 9.71 Å². The van der Waals surface area contributed by atoms with E-state index in [-0.39, 0.29) is 9.92 Å². The van der Waals surface area contributed by atoms with Crippen LogP contribution in [0.3, 0.4) is 0 Å². The molecule has 0 unspecified atom stereocenters. The number of hydrogen-bond donors (Lipinski definition) is 1. The molecule has 2 aromatic rings. The Kier molecular flexibility index (Phi) is 4.84. The lowest BCUT2D eigenvalue weighted by atomic mass is 10.2. The van der Waals surface area contributed by atoms with Gasteiger partial charge in [0.2, 0.25) is 5.88 Å². The molecule has 0 bridgehead atoms. The zero-order valence-electron chi connectivity index (χ0n) is 12.1. The van der Waals surface area contributed by atoms with Crippen LogP contribution in [0.25, 0.3) is 0 Å². The maximum absolute atomic E-state index is 12.5. The fourth-order valence-electron chi connectivity index (χ4n) is 1.80. The SMILES string of the molecule is COc1ccc(NS(=O)(=O)c2cc(C)c(Cl)cc2Cl)c(C)n1. The Bertz CT molecular complexity index is 823. The molecular formula is C14H14Cl2N2O3S. The van der Waals surface area contributed by atoms with Crippen molar-refractivity contribution >= 4 is 38.9 Å². The zero-order valence-corrected chi connectivity index (χ0v) is 14.5. The number of aromatic nitrogens is 1. The summed E-state index contributed by atoms with van der Waals surface area (Å²) in [4.78, 5) is 4.08. The number of nitrogens with zero attached hydrogens (tertiary/aromatic N) is 1. The third kappa shape index (κ3) is 3.45. The van der Waals surface area contributed by atoms with Crippen LogP contribution >= 0.6 is 23.2 Å². The maximum Gasteiger partial charge on any atom is 0.263 e. The molecule has 0 aliphatic rings. The first kappa shape index (κ1) is 16.9. The summed E-state index contributed by atoms with van der Waals surface area (Å²) in [5, 5.41) is 0.466. The van der Waals surface area contributed by atoms with Gasteiger partial charge in [0.15, 0.2) is 0 Å². The molecule has 22 heavy (non-hydrogen) atoms. The van der Waals surface area contributed by atoms with Crippen LogP contribution in [0, 0.1) is 13.8 Å². The average molecular weight is 361 g/mol. The summed E-state index contributed by atoms with van der Waals surface area (Å²) in [6.45, 7) is 3.38. The van der Waals surface area contributed by atoms with Gasteiger partial charge in [0.25, 0.3) is 10.0 Å². The van der Waals surface area contributed by atoms with Crippen molar-refractivity contribution in [2.24, 2.45) is 0 Å². The number of hydrogen-bond acceptors (Lipinski definition) is 4. The molecule has 118 valence electrons. The highest BCUT2D eigenvalue weighted by Gasteiger charge is 2.20. The smallest absolute Gasteiger partial charge is 0.263 e. The minimum atomic E-state index is -3.85. The second kappa shape index (κ2) is 6.32. The van der Waals surface area contributed by atoms with Gasteiger partial charge in [-0.25, -0.2) is 13.4 Å². The molecule has 0 atom stereocenters. The Morgan fingerprint density at radius 2 is 1.82 bits per heavy atom. The number of sulfonamides is 1. The largest absolute Gasteiger partial charge is 0.481 e. The van der Waals surface area contributed by atoms with Gasteiger partial charge in [-0.05, 0) is 37.6 Å². The summed E-state index contributed by atoms with van der Waals surface area (Å²) >= 11 is 11.9. The highest BCUT2D eigenvalue weighted by Crippen LogP contribution is 2.30. The fraction of sp³-hybridized carbons (Fsp3) is 0.214. The van der Waals surface area contributed by atoms with Crippen LogP contribution in [0.2, 0.25) is 10.0 Å². The van der Waals surface area contributed by atoms with Crippen molar-refractivity contribution in [2.75, 3.05) is 11.8 Å². The summed E-state index contributed by atoms with van der Waals surface area (Å²) in [5.41, 5.74) is 1.46. The molecule has 8 heteroatoms. The summed E-state index contributed by atoms with van der Waals surface area (Å²) in [6, 6.07) is 5.99. The lowest BCUT2D eigenvalue weighted by Gasteiger charge is -2.13. The predicted molar refractivity (Wildman–Crippen MR) is 87.5 cm³/mol. The molecule has 0 spiro atoms. The van der Waals surface area contributed by atoms with E-state index in [1.807, 2.05) is 0 Å². The molecule has 0 aliphatic carbocycles. The van der Waals surface area contributed by atoms with Crippen LogP contribution in [0.15, 0.2) is 29.2 Å². The summed E-state index contributed by atoms with van der Waals surface area (Å²) in [7, 11) is -2.36. The molecule has 0 saturated heterocycles. The molecule has 0 amide bonds. The first-order valence-corrected chi connectivity index (χ1v) is 8.48. The Labute approximate surface area is 139 Å². The first-order chi connectivity index (χ1) is 10.2. The van der Waals surface area contributed by atoms with Crippen molar-refractivity contribution < 1.29 is 13.2 Å². The lowest BCUT2D eigenvalue weighted by molar-refractivity contribution is 0.397. The third-order valence-corrected chi connectivity index (χ3v) is 5.25. The van der Waals surface area contributed by atoms with Crippen LogP contribution in [-0.2, 0) is 10.0 Å². The Morgan fingerprint density at radius 1 is 1.14 bits per heavy atom. The second-order valence-electron chi connectivity index (χ2n) is 4.62. The fourth-order valence-corrected chi connectivity index (χ4v) is 3.75. The van der Waals surface area contributed by atoms with Crippen molar-refractivity contribution in [3.05, 3.63) is 45.6 Å². The van der Waals surface area contributed by atoms with E-state index in [0.717, 1.165) is 0 Å². The number of nitrogens with one attached hydrogen (secondary N) is 1. The van der Waals surface area contributed by atoms with Crippen LogP contribution in [0.4, 0.5) is 5.69 Å². The number of methoxy groups -OCH3 is 1. The normalized spacial score (nSPS) is 11.3. The number of pyridine rings is 1. The minimum Gasteiger partial charge on any atom is -0.481 e. The van der Waals surface area contributed by atoms with Gasteiger partial charge >= 0.3 is 0 Å². The molecule has 1 aromatic carbocycles. The molecule has 5 nitrogen and oxygen atoms in total. The van der Waals surface area contributed by atoms with Crippen molar-refractivity contribution in [2.45, 2.75) is 18.7 Å². The van der Waals surface area contributed by atoms with Gasteiger partial charge in [-0.15, -0.1) is 0 Å². The first-order valence-electron chi connectivity index (χ1n) is 6.24. The van der Waals surface area contributed by atoms with Gasteiger partial charge in [0.1, 0.15) is 4.90 Å². The van der Waals surface area contributed by atoms with Crippen molar-refractivity contribution in [1.82, 2.24) is 4.98 Å². The summed E-state index contributed by atoms with van der Waals surface area (Å²) < 4.78 is 32.4. The Balaban J connectivity index is 2.42. The van der Waals surface area contributed by atoms with E-state index in [0.29, 0.717) is 27.8 Å². The molecule has 2 rings (SSSR count). The van der Waals surface area contributed by atoms with Crippen molar-refractivity contribution in [3.8, 4) is 5.88 Å². The van der Waals surface area contributed by atoms with Gasteiger partial charge in [0, 0.05) is 11.1 Å². The van der Waals surface area contributed by atoms with Crippen LogP contribution in [0.5, 0.6) is 5.88 Å². The van der Waals surface area contributed by atoms with E-state index >= 15 is 0 Å². The van der Waals surface area contributed by atoms with Gasteiger partial charge in [0.05, 0.1) is 23.5 Å². The lowest BCUT2D eigenvalue weighted by Crippen LogP contribution is -2.15. The number of benzene rings is 1. The second-order valence-corrected chi connectivity index (χ2v) is 7.09. The zero-order chi connectivity index (χ0) is 16.5.